The van der Waals surface area contributed by atoms with Gasteiger partial charge in [0.1, 0.15) is 17.3 Å². The lowest BCUT2D eigenvalue weighted by molar-refractivity contribution is 0.691. The summed E-state index contributed by atoms with van der Waals surface area (Å²) in [5.41, 5.74) is 9.21. The lowest BCUT2D eigenvalue weighted by Gasteiger charge is -2.12. The van der Waals surface area contributed by atoms with Crippen LogP contribution in [-0.4, -0.2) is 23.6 Å². The Labute approximate surface area is 126 Å². The second-order valence-electron chi connectivity index (χ2n) is 5.59. The van der Waals surface area contributed by atoms with Crippen LogP contribution in [0.2, 0.25) is 0 Å². The van der Waals surface area contributed by atoms with Crippen molar-refractivity contribution in [3.05, 3.63) is 30.1 Å². The van der Waals surface area contributed by atoms with E-state index >= 15 is 0 Å². The number of hydrogen-bond donors (Lipinski definition) is 1. The Hall–Kier alpha value is -2.41. The number of anilines is 2. The van der Waals surface area contributed by atoms with E-state index in [0.29, 0.717) is 12.4 Å². The minimum absolute atomic E-state index is 0.274. The van der Waals surface area contributed by atoms with Gasteiger partial charge in [-0.15, -0.1) is 6.42 Å². The Morgan fingerprint density at radius 3 is 2.38 bits per heavy atom. The van der Waals surface area contributed by atoms with Gasteiger partial charge in [0.05, 0.1) is 6.54 Å². The Balaban J connectivity index is 2.49. The SMILES string of the molecule is C#CCn1c(C(C)C)nc(-c2ccc(N(C)C)cc2)c1N. The molecule has 0 aliphatic carbocycles. The molecule has 0 saturated carbocycles. The summed E-state index contributed by atoms with van der Waals surface area (Å²) >= 11 is 0. The Morgan fingerprint density at radius 1 is 1.29 bits per heavy atom. The van der Waals surface area contributed by atoms with E-state index in [1.54, 1.807) is 0 Å². The van der Waals surface area contributed by atoms with Gasteiger partial charge in [0.15, 0.2) is 0 Å². The fourth-order valence-corrected chi connectivity index (χ4v) is 2.31. The van der Waals surface area contributed by atoms with E-state index in [2.05, 4.69) is 36.8 Å². The van der Waals surface area contributed by atoms with Gasteiger partial charge in [-0.3, -0.25) is 0 Å². The van der Waals surface area contributed by atoms with Crippen molar-refractivity contribution in [2.24, 2.45) is 0 Å². The highest BCUT2D eigenvalue weighted by molar-refractivity contribution is 5.72. The van der Waals surface area contributed by atoms with Crippen LogP contribution >= 0.6 is 0 Å². The molecule has 0 aliphatic rings. The van der Waals surface area contributed by atoms with Crippen molar-refractivity contribution in [3.8, 4) is 23.6 Å². The maximum atomic E-state index is 6.25. The molecule has 0 unspecified atom stereocenters. The monoisotopic (exact) mass is 282 g/mol. The van der Waals surface area contributed by atoms with Crippen molar-refractivity contribution in [2.45, 2.75) is 26.3 Å². The second kappa shape index (κ2) is 5.92. The molecule has 0 amide bonds. The number of benzene rings is 1. The quantitative estimate of drug-likeness (QED) is 0.877. The van der Waals surface area contributed by atoms with Gasteiger partial charge in [-0.2, -0.15) is 0 Å². The van der Waals surface area contributed by atoms with Crippen LogP contribution in [0, 0.1) is 12.3 Å². The second-order valence-corrected chi connectivity index (χ2v) is 5.59. The summed E-state index contributed by atoms with van der Waals surface area (Å²) in [6.07, 6.45) is 5.44. The Morgan fingerprint density at radius 2 is 1.90 bits per heavy atom. The first kappa shape index (κ1) is 15.0. The van der Waals surface area contributed by atoms with Crippen molar-refractivity contribution < 1.29 is 0 Å². The number of aromatic nitrogens is 2. The van der Waals surface area contributed by atoms with Crippen LogP contribution in [0.3, 0.4) is 0 Å². The maximum absolute atomic E-state index is 6.25. The van der Waals surface area contributed by atoms with Crippen LogP contribution in [0.15, 0.2) is 24.3 Å². The van der Waals surface area contributed by atoms with E-state index in [1.165, 1.54) is 0 Å². The van der Waals surface area contributed by atoms with E-state index in [-0.39, 0.29) is 5.92 Å². The molecule has 0 radical (unpaired) electrons. The third-order valence-corrected chi connectivity index (χ3v) is 3.46. The minimum atomic E-state index is 0.274. The van der Waals surface area contributed by atoms with Gasteiger partial charge in [0, 0.05) is 31.3 Å². The summed E-state index contributed by atoms with van der Waals surface area (Å²) in [4.78, 5) is 6.76. The van der Waals surface area contributed by atoms with Crippen LogP contribution in [0.1, 0.15) is 25.6 Å². The number of nitrogens with two attached hydrogens (primary N) is 1. The number of imidazole rings is 1. The zero-order valence-corrected chi connectivity index (χ0v) is 13.1. The van der Waals surface area contributed by atoms with Crippen molar-refractivity contribution in [3.63, 3.8) is 0 Å². The lowest BCUT2D eigenvalue weighted by atomic mass is 10.1. The smallest absolute Gasteiger partial charge is 0.132 e. The molecule has 2 N–H and O–H groups in total. The summed E-state index contributed by atoms with van der Waals surface area (Å²) < 4.78 is 1.92. The molecular weight excluding hydrogens is 260 g/mol. The third-order valence-electron chi connectivity index (χ3n) is 3.46. The Bertz CT molecular complexity index is 657. The van der Waals surface area contributed by atoms with E-state index < -0.39 is 0 Å². The molecule has 2 aromatic rings. The molecule has 0 bridgehead atoms. The zero-order chi connectivity index (χ0) is 15.6. The van der Waals surface area contributed by atoms with Gasteiger partial charge in [-0.05, 0) is 12.1 Å². The standard InChI is InChI=1S/C17H22N4/c1-6-11-21-16(18)15(19-17(21)12(2)3)13-7-9-14(10-8-13)20(4)5/h1,7-10,12H,11,18H2,2-5H3. The molecule has 0 fully saturated rings. The normalized spacial score (nSPS) is 10.7. The number of nitrogen functional groups attached to an aromatic ring is 1. The van der Waals surface area contributed by atoms with Crippen molar-refractivity contribution in [1.82, 2.24) is 9.55 Å². The topological polar surface area (TPSA) is 47.1 Å². The van der Waals surface area contributed by atoms with Gasteiger partial charge < -0.3 is 15.2 Å². The number of terminal acetylenes is 1. The summed E-state index contributed by atoms with van der Waals surface area (Å²) in [6.45, 7) is 4.63. The van der Waals surface area contributed by atoms with Crippen molar-refractivity contribution >= 4 is 11.5 Å². The lowest BCUT2D eigenvalue weighted by Crippen LogP contribution is -2.08. The average molecular weight is 282 g/mol. The van der Waals surface area contributed by atoms with Crippen LogP contribution < -0.4 is 10.6 Å². The molecule has 110 valence electrons. The van der Waals surface area contributed by atoms with Gasteiger partial charge in [0.2, 0.25) is 0 Å². The third kappa shape index (κ3) is 2.87. The highest BCUT2D eigenvalue weighted by atomic mass is 15.1. The summed E-state index contributed by atoms with van der Waals surface area (Å²) in [5.74, 6) is 4.48. The molecule has 2 rings (SSSR count). The molecule has 0 aliphatic heterocycles. The number of rotatable bonds is 4. The van der Waals surface area contributed by atoms with Crippen LogP contribution in [0.25, 0.3) is 11.3 Å². The summed E-state index contributed by atoms with van der Waals surface area (Å²) in [7, 11) is 4.03. The maximum Gasteiger partial charge on any atom is 0.132 e. The van der Waals surface area contributed by atoms with Crippen LogP contribution in [0.4, 0.5) is 11.5 Å². The highest BCUT2D eigenvalue weighted by Gasteiger charge is 2.17. The largest absolute Gasteiger partial charge is 0.383 e. The molecule has 0 atom stereocenters. The Kier molecular flexibility index (Phi) is 4.23. The van der Waals surface area contributed by atoms with Gasteiger partial charge >= 0.3 is 0 Å². The van der Waals surface area contributed by atoms with Gasteiger partial charge in [0.25, 0.3) is 0 Å². The highest BCUT2D eigenvalue weighted by Crippen LogP contribution is 2.30. The summed E-state index contributed by atoms with van der Waals surface area (Å²) in [6, 6.07) is 8.20. The fraction of sp³-hybridized carbons (Fsp3) is 0.353. The summed E-state index contributed by atoms with van der Waals surface area (Å²) in [5, 5.41) is 0. The van der Waals surface area contributed by atoms with Crippen molar-refractivity contribution in [2.75, 3.05) is 24.7 Å². The predicted octanol–water partition coefficient (Wildman–Crippen LogP) is 2.95. The van der Waals surface area contributed by atoms with Crippen LogP contribution in [0.5, 0.6) is 0 Å². The fourth-order valence-electron chi connectivity index (χ4n) is 2.31. The molecular formula is C17H22N4. The van der Waals surface area contributed by atoms with E-state index in [9.17, 15) is 0 Å². The molecule has 1 aromatic carbocycles. The first-order valence-corrected chi connectivity index (χ1v) is 7.02. The minimum Gasteiger partial charge on any atom is -0.383 e. The van der Waals surface area contributed by atoms with E-state index in [1.807, 2.05) is 30.8 Å². The van der Waals surface area contributed by atoms with E-state index in [4.69, 9.17) is 17.1 Å². The first-order valence-electron chi connectivity index (χ1n) is 7.02. The van der Waals surface area contributed by atoms with Gasteiger partial charge in [-0.1, -0.05) is 31.9 Å². The molecule has 21 heavy (non-hydrogen) atoms. The van der Waals surface area contributed by atoms with E-state index in [0.717, 1.165) is 22.8 Å². The molecule has 1 heterocycles. The first-order chi connectivity index (χ1) is 9.95. The van der Waals surface area contributed by atoms with Crippen molar-refractivity contribution in [1.29, 1.82) is 0 Å². The molecule has 4 nitrogen and oxygen atoms in total. The zero-order valence-electron chi connectivity index (χ0n) is 13.1. The molecule has 1 aromatic heterocycles. The molecule has 0 saturated heterocycles. The average Bonchev–Trinajstić information content (AvgIpc) is 2.77. The number of hydrogen-bond acceptors (Lipinski definition) is 3. The van der Waals surface area contributed by atoms with Crippen LogP contribution in [-0.2, 0) is 6.54 Å². The number of nitrogens with zero attached hydrogens (tertiary/aromatic N) is 3. The molecule has 0 spiro atoms. The predicted molar refractivity (Wildman–Crippen MR) is 89.3 cm³/mol. The molecule has 4 heteroatoms. The van der Waals surface area contributed by atoms with Gasteiger partial charge in [-0.25, -0.2) is 4.98 Å².